The molecule has 0 aliphatic carbocycles. The van der Waals surface area contributed by atoms with Crippen LogP contribution in [0.3, 0.4) is 0 Å². The van der Waals surface area contributed by atoms with Crippen molar-refractivity contribution >= 4 is 23.3 Å². The van der Waals surface area contributed by atoms with Gasteiger partial charge in [-0.15, -0.1) is 0 Å². The molecule has 2 aromatic carbocycles. The van der Waals surface area contributed by atoms with Gasteiger partial charge in [-0.25, -0.2) is 0 Å². The topological polar surface area (TPSA) is 49.7 Å². The normalized spacial score (nSPS) is 11.3. The number of Topliss-reactive ketones (excluding diaryl/α,β-unsaturated/α-hetero) is 1. The summed E-state index contributed by atoms with van der Waals surface area (Å²) in [5, 5.41) is 11.8. The molecule has 0 fully saturated rings. The number of hydrogen-bond acceptors (Lipinski definition) is 4. The SMILES string of the molecule is CCC(=NO)C(=O)c1ccc(Sc2ccccc2)cc1. The van der Waals surface area contributed by atoms with Gasteiger partial charge in [-0.2, -0.15) is 0 Å². The van der Waals surface area contributed by atoms with Crippen LogP contribution in [0, 0.1) is 0 Å². The van der Waals surface area contributed by atoms with Crippen LogP contribution in [0.25, 0.3) is 0 Å². The summed E-state index contributed by atoms with van der Waals surface area (Å²) in [6, 6.07) is 17.4. The molecule has 0 atom stereocenters. The second-order valence-corrected chi connectivity index (χ2v) is 5.32. The lowest BCUT2D eigenvalue weighted by molar-refractivity contribution is 0.105. The van der Waals surface area contributed by atoms with E-state index >= 15 is 0 Å². The van der Waals surface area contributed by atoms with Crippen LogP contribution >= 0.6 is 11.8 Å². The molecule has 0 unspecified atom stereocenters. The van der Waals surface area contributed by atoms with Gasteiger partial charge >= 0.3 is 0 Å². The highest BCUT2D eigenvalue weighted by atomic mass is 32.2. The summed E-state index contributed by atoms with van der Waals surface area (Å²) in [4.78, 5) is 14.2. The van der Waals surface area contributed by atoms with Crippen molar-refractivity contribution in [1.29, 1.82) is 0 Å². The molecule has 0 saturated heterocycles. The monoisotopic (exact) mass is 285 g/mol. The maximum absolute atomic E-state index is 12.0. The van der Waals surface area contributed by atoms with Crippen LogP contribution in [0.15, 0.2) is 69.5 Å². The van der Waals surface area contributed by atoms with Crippen molar-refractivity contribution in [2.24, 2.45) is 5.16 Å². The zero-order chi connectivity index (χ0) is 14.4. The third-order valence-corrected chi connectivity index (χ3v) is 3.83. The molecular weight excluding hydrogens is 270 g/mol. The molecule has 0 radical (unpaired) electrons. The van der Waals surface area contributed by atoms with Gasteiger partial charge in [-0.05, 0) is 42.8 Å². The van der Waals surface area contributed by atoms with Crippen molar-refractivity contribution in [2.75, 3.05) is 0 Å². The fourth-order valence-corrected chi connectivity index (χ4v) is 2.58. The summed E-state index contributed by atoms with van der Waals surface area (Å²) >= 11 is 1.64. The molecule has 20 heavy (non-hydrogen) atoms. The molecule has 0 amide bonds. The number of rotatable bonds is 5. The minimum Gasteiger partial charge on any atom is -0.411 e. The smallest absolute Gasteiger partial charge is 0.210 e. The van der Waals surface area contributed by atoms with Crippen LogP contribution in [0.2, 0.25) is 0 Å². The standard InChI is InChI=1S/C16H15NO2S/c1-2-15(17-19)16(18)12-8-10-14(11-9-12)20-13-6-4-3-5-7-13/h3-11,19H,2H2,1H3. The second kappa shape index (κ2) is 6.91. The van der Waals surface area contributed by atoms with Gasteiger partial charge in [0.15, 0.2) is 0 Å². The number of ketones is 1. The van der Waals surface area contributed by atoms with E-state index in [0.29, 0.717) is 12.0 Å². The van der Waals surface area contributed by atoms with Crippen LogP contribution in [0.5, 0.6) is 0 Å². The maximum Gasteiger partial charge on any atom is 0.210 e. The van der Waals surface area contributed by atoms with E-state index in [2.05, 4.69) is 5.16 Å². The summed E-state index contributed by atoms with van der Waals surface area (Å²) in [5.74, 6) is -0.230. The van der Waals surface area contributed by atoms with Gasteiger partial charge < -0.3 is 5.21 Å². The molecule has 0 bridgehead atoms. The molecule has 0 spiro atoms. The van der Waals surface area contributed by atoms with E-state index in [1.54, 1.807) is 30.8 Å². The maximum atomic E-state index is 12.0. The van der Waals surface area contributed by atoms with E-state index in [0.717, 1.165) is 9.79 Å². The molecule has 2 aromatic rings. The van der Waals surface area contributed by atoms with Gasteiger partial charge in [-0.3, -0.25) is 4.79 Å². The van der Waals surface area contributed by atoms with Crippen molar-refractivity contribution in [3.8, 4) is 0 Å². The Morgan fingerprint density at radius 2 is 1.65 bits per heavy atom. The summed E-state index contributed by atoms with van der Waals surface area (Å²) in [7, 11) is 0. The zero-order valence-electron chi connectivity index (χ0n) is 11.1. The van der Waals surface area contributed by atoms with E-state index in [1.165, 1.54) is 0 Å². The molecule has 2 rings (SSSR count). The summed E-state index contributed by atoms with van der Waals surface area (Å²) < 4.78 is 0. The average Bonchev–Trinajstić information content (AvgIpc) is 2.50. The predicted molar refractivity (Wildman–Crippen MR) is 80.9 cm³/mol. The Morgan fingerprint density at radius 3 is 2.20 bits per heavy atom. The number of hydrogen-bond donors (Lipinski definition) is 1. The van der Waals surface area contributed by atoms with Gasteiger partial charge in [0, 0.05) is 15.4 Å². The third kappa shape index (κ3) is 3.48. The summed E-state index contributed by atoms with van der Waals surface area (Å²) in [6.45, 7) is 1.78. The minimum atomic E-state index is -0.230. The van der Waals surface area contributed by atoms with Crippen LogP contribution in [0.1, 0.15) is 23.7 Å². The first kappa shape index (κ1) is 14.3. The summed E-state index contributed by atoms with van der Waals surface area (Å²) in [6.07, 6.45) is 0.413. The van der Waals surface area contributed by atoms with Crippen LogP contribution in [-0.2, 0) is 0 Å². The summed E-state index contributed by atoms with van der Waals surface area (Å²) in [5.41, 5.74) is 0.713. The highest BCUT2D eigenvalue weighted by molar-refractivity contribution is 7.99. The van der Waals surface area contributed by atoms with Gasteiger partial charge in [0.1, 0.15) is 5.71 Å². The first-order valence-corrected chi connectivity index (χ1v) is 7.15. The fourth-order valence-electron chi connectivity index (χ4n) is 1.74. The highest BCUT2D eigenvalue weighted by Crippen LogP contribution is 2.27. The van der Waals surface area contributed by atoms with E-state index < -0.39 is 0 Å². The first-order valence-electron chi connectivity index (χ1n) is 6.33. The Morgan fingerprint density at radius 1 is 1.05 bits per heavy atom. The van der Waals surface area contributed by atoms with Crippen molar-refractivity contribution in [2.45, 2.75) is 23.1 Å². The van der Waals surface area contributed by atoms with Crippen molar-refractivity contribution in [3.05, 3.63) is 60.2 Å². The Balaban J connectivity index is 2.12. The number of benzene rings is 2. The third-order valence-electron chi connectivity index (χ3n) is 2.81. The van der Waals surface area contributed by atoms with E-state index in [4.69, 9.17) is 5.21 Å². The van der Waals surface area contributed by atoms with Crippen molar-refractivity contribution in [1.82, 2.24) is 0 Å². The highest BCUT2D eigenvalue weighted by Gasteiger charge is 2.12. The van der Waals surface area contributed by atoms with Crippen LogP contribution in [-0.4, -0.2) is 16.7 Å². The largest absolute Gasteiger partial charge is 0.411 e. The quantitative estimate of drug-likeness (QED) is 0.386. The second-order valence-electron chi connectivity index (χ2n) is 4.17. The lowest BCUT2D eigenvalue weighted by Gasteiger charge is -2.04. The zero-order valence-corrected chi connectivity index (χ0v) is 11.9. The number of carbonyl (C=O) groups excluding carboxylic acids is 1. The molecule has 0 saturated carbocycles. The Labute approximate surface area is 122 Å². The molecule has 1 N–H and O–H groups in total. The number of nitrogens with zero attached hydrogens (tertiary/aromatic N) is 1. The molecule has 3 nitrogen and oxygen atoms in total. The number of oxime groups is 1. The molecule has 4 heteroatoms. The Bertz CT molecular complexity index is 606. The Kier molecular flexibility index (Phi) is 4.96. The molecule has 0 aromatic heterocycles. The minimum absolute atomic E-state index is 0.175. The van der Waals surface area contributed by atoms with E-state index in [-0.39, 0.29) is 11.5 Å². The van der Waals surface area contributed by atoms with Gasteiger partial charge in [-0.1, -0.05) is 42.0 Å². The lowest BCUT2D eigenvalue weighted by atomic mass is 10.1. The molecule has 102 valence electrons. The fraction of sp³-hybridized carbons (Fsp3) is 0.125. The molecular formula is C16H15NO2S. The van der Waals surface area contributed by atoms with Gasteiger partial charge in [0.2, 0.25) is 5.78 Å². The molecule has 0 aliphatic heterocycles. The first-order chi connectivity index (χ1) is 9.74. The van der Waals surface area contributed by atoms with Crippen LogP contribution in [0.4, 0.5) is 0 Å². The van der Waals surface area contributed by atoms with E-state index in [1.807, 2.05) is 42.5 Å². The van der Waals surface area contributed by atoms with Crippen LogP contribution < -0.4 is 0 Å². The van der Waals surface area contributed by atoms with Crippen molar-refractivity contribution in [3.63, 3.8) is 0 Å². The van der Waals surface area contributed by atoms with Gasteiger partial charge in [0.25, 0.3) is 0 Å². The number of carbonyl (C=O) groups is 1. The Hall–Kier alpha value is -2.07. The van der Waals surface area contributed by atoms with Crippen molar-refractivity contribution < 1.29 is 10.0 Å². The molecule has 0 aliphatic rings. The average molecular weight is 285 g/mol. The predicted octanol–water partition coefficient (Wildman–Crippen LogP) is 4.26. The lowest BCUT2D eigenvalue weighted by Crippen LogP contribution is -2.13. The van der Waals surface area contributed by atoms with E-state index in [9.17, 15) is 4.79 Å². The molecule has 0 heterocycles. The van der Waals surface area contributed by atoms with Gasteiger partial charge in [0.05, 0.1) is 0 Å².